The molecule has 0 aromatic heterocycles. The molecule has 0 aliphatic carbocycles. The molecule has 1 aromatic carbocycles. The van der Waals surface area contributed by atoms with Crippen molar-refractivity contribution < 1.29 is 9.53 Å². The summed E-state index contributed by atoms with van der Waals surface area (Å²) < 4.78 is 5.35. The molecule has 0 saturated carbocycles. The van der Waals surface area contributed by atoms with Gasteiger partial charge in [0.05, 0.1) is 10.4 Å². The summed E-state index contributed by atoms with van der Waals surface area (Å²) in [5.74, 6) is 0.849. The Morgan fingerprint density at radius 1 is 1.35 bits per heavy atom. The Bertz CT molecular complexity index is 469. The minimum atomic E-state index is -0.583. The number of carbonyl (C=O) groups is 1. The predicted molar refractivity (Wildman–Crippen MR) is 87.9 cm³/mol. The second-order valence-corrected chi connectivity index (χ2v) is 7.68. The largest absolute Gasteiger partial charge is 0.490 e. The van der Waals surface area contributed by atoms with Crippen LogP contribution in [-0.2, 0) is 4.79 Å². The number of amides is 1. The summed E-state index contributed by atoms with van der Waals surface area (Å²) in [6.07, 6.45) is 1.16. The van der Waals surface area contributed by atoms with Gasteiger partial charge in [-0.25, -0.2) is 0 Å². The highest BCUT2D eigenvalue weighted by molar-refractivity contribution is 9.10. The molecular weight excluding hydrogens is 318 g/mol. The molecular formula is C16H24BrNO2. The number of hydrogen-bond acceptors (Lipinski definition) is 2. The molecule has 0 aliphatic heterocycles. The predicted octanol–water partition coefficient (Wildman–Crippen LogP) is 4.59. The van der Waals surface area contributed by atoms with Crippen molar-refractivity contribution in [2.24, 2.45) is 0 Å². The number of anilines is 1. The van der Waals surface area contributed by atoms with Gasteiger partial charge in [0.15, 0.2) is 0 Å². The van der Waals surface area contributed by atoms with Crippen LogP contribution in [0.3, 0.4) is 0 Å². The van der Waals surface area contributed by atoms with E-state index < -0.39 is 4.32 Å². The van der Waals surface area contributed by atoms with Crippen LogP contribution in [0.25, 0.3) is 0 Å². The number of ether oxygens (including phenoxy) is 1. The Labute approximate surface area is 130 Å². The summed E-state index contributed by atoms with van der Waals surface area (Å²) in [5.41, 5.74) is 2.87. The molecule has 3 nitrogen and oxygen atoms in total. The van der Waals surface area contributed by atoms with Crippen molar-refractivity contribution >= 4 is 27.5 Å². The lowest BCUT2D eigenvalue weighted by molar-refractivity contribution is -0.117. The van der Waals surface area contributed by atoms with Crippen LogP contribution in [0.15, 0.2) is 12.1 Å². The van der Waals surface area contributed by atoms with Crippen LogP contribution in [0.4, 0.5) is 5.69 Å². The van der Waals surface area contributed by atoms with Gasteiger partial charge < -0.3 is 10.1 Å². The summed E-state index contributed by atoms with van der Waals surface area (Å²) in [6.45, 7) is 11.8. The van der Waals surface area contributed by atoms with Gasteiger partial charge in [-0.05, 0) is 64.3 Å². The lowest BCUT2D eigenvalue weighted by atomic mass is 10.1. The monoisotopic (exact) mass is 341 g/mol. The fraction of sp³-hybridized carbons (Fsp3) is 0.562. The van der Waals surface area contributed by atoms with Gasteiger partial charge in [0, 0.05) is 5.69 Å². The zero-order valence-corrected chi connectivity index (χ0v) is 14.7. The van der Waals surface area contributed by atoms with E-state index in [1.54, 1.807) is 0 Å². The molecule has 1 amide bonds. The number of nitrogens with one attached hydrogen (secondary N) is 1. The average Bonchev–Trinajstić information content (AvgIpc) is 2.32. The minimum absolute atomic E-state index is 0.0631. The summed E-state index contributed by atoms with van der Waals surface area (Å²) in [6, 6.07) is 3.89. The van der Waals surface area contributed by atoms with Crippen molar-refractivity contribution in [2.75, 3.05) is 5.32 Å². The summed E-state index contributed by atoms with van der Waals surface area (Å²) in [4.78, 5) is 12.0. The van der Waals surface area contributed by atoms with Crippen LogP contribution < -0.4 is 10.1 Å². The molecule has 1 rings (SSSR count). The average molecular weight is 342 g/mol. The molecule has 1 atom stereocenters. The number of aryl methyl sites for hydroxylation is 2. The van der Waals surface area contributed by atoms with Crippen LogP contribution in [0.1, 0.15) is 45.2 Å². The molecule has 4 heteroatoms. The highest BCUT2D eigenvalue weighted by Gasteiger charge is 2.24. The first-order chi connectivity index (χ1) is 9.15. The quantitative estimate of drug-likeness (QED) is 0.795. The molecule has 0 fully saturated rings. The molecule has 1 unspecified atom stereocenters. The van der Waals surface area contributed by atoms with E-state index in [0.717, 1.165) is 29.0 Å². The zero-order valence-electron chi connectivity index (χ0n) is 13.1. The van der Waals surface area contributed by atoms with Gasteiger partial charge in [0.25, 0.3) is 0 Å². The van der Waals surface area contributed by atoms with E-state index in [1.807, 2.05) is 39.8 Å². The Balaban J connectivity index is 2.96. The normalized spacial score (nSPS) is 12.9. The first-order valence-electron chi connectivity index (χ1n) is 6.93. The van der Waals surface area contributed by atoms with Gasteiger partial charge in [0.1, 0.15) is 5.75 Å². The van der Waals surface area contributed by atoms with Gasteiger partial charge in [0.2, 0.25) is 5.91 Å². The molecule has 0 spiro atoms. The third-order valence-electron chi connectivity index (χ3n) is 3.15. The number of carbonyl (C=O) groups excluding carboxylic acids is 1. The van der Waals surface area contributed by atoms with E-state index >= 15 is 0 Å². The van der Waals surface area contributed by atoms with Crippen LogP contribution in [0.5, 0.6) is 5.75 Å². The van der Waals surface area contributed by atoms with E-state index in [-0.39, 0.29) is 12.0 Å². The third kappa shape index (κ3) is 4.51. The summed E-state index contributed by atoms with van der Waals surface area (Å²) >= 11 is 3.36. The fourth-order valence-electron chi connectivity index (χ4n) is 1.77. The molecule has 112 valence electrons. The van der Waals surface area contributed by atoms with Crippen molar-refractivity contribution in [3.8, 4) is 5.75 Å². The van der Waals surface area contributed by atoms with Crippen molar-refractivity contribution in [3.63, 3.8) is 0 Å². The van der Waals surface area contributed by atoms with Crippen LogP contribution in [0.2, 0.25) is 0 Å². The SMILES string of the molecule is CCC(C)Oc1c(C)cc(NC(=O)C(C)(C)Br)cc1C. The van der Waals surface area contributed by atoms with Gasteiger partial charge in [-0.3, -0.25) is 4.79 Å². The highest BCUT2D eigenvalue weighted by atomic mass is 79.9. The van der Waals surface area contributed by atoms with E-state index in [9.17, 15) is 4.79 Å². The second kappa shape index (κ2) is 6.61. The Morgan fingerprint density at radius 3 is 2.25 bits per heavy atom. The maximum atomic E-state index is 12.0. The maximum absolute atomic E-state index is 12.0. The second-order valence-electron chi connectivity index (χ2n) is 5.70. The first kappa shape index (κ1) is 17.0. The minimum Gasteiger partial charge on any atom is -0.490 e. The van der Waals surface area contributed by atoms with E-state index in [0.29, 0.717) is 0 Å². The standard InChI is InChI=1S/C16H24BrNO2/c1-7-12(4)20-14-10(2)8-13(9-11(14)3)18-15(19)16(5,6)17/h8-9,12H,7H2,1-6H3,(H,18,19). The number of hydrogen-bond donors (Lipinski definition) is 1. The van der Waals surface area contributed by atoms with E-state index in [4.69, 9.17) is 4.74 Å². The lowest BCUT2D eigenvalue weighted by Crippen LogP contribution is -2.31. The molecule has 1 aromatic rings. The highest BCUT2D eigenvalue weighted by Crippen LogP contribution is 2.29. The Kier molecular flexibility index (Phi) is 5.63. The van der Waals surface area contributed by atoms with Crippen LogP contribution in [0, 0.1) is 13.8 Å². The third-order valence-corrected chi connectivity index (χ3v) is 3.51. The van der Waals surface area contributed by atoms with Crippen molar-refractivity contribution in [1.29, 1.82) is 0 Å². The number of rotatable bonds is 5. The molecule has 20 heavy (non-hydrogen) atoms. The van der Waals surface area contributed by atoms with E-state index in [1.165, 1.54) is 0 Å². The van der Waals surface area contributed by atoms with E-state index in [2.05, 4.69) is 35.1 Å². The molecule has 0 heterocycles. The molecule has 0 aliphatic rings. The van der Waals surface area contributed by atoms with Crippen LogP contribution >= 0.6 is 15.9 Å². The Morgan fingerprint density at radius 2 is 1.85 bits per heavy atom. The Hall–Kier alpha value is -1.03. The first-order valence-corrected chi connectivity index (χ1v) is 7.72. The lowest BCUT2D eigenvalue weighted by Gasteiger charge is -2.20. The summed E-state index contributed by atoms with van der Waals surface area (Å²) in [7, 11) is 0. The summed E-state index contributed by atoms with van der Waals surface area (Å²) in [5, 5.41) is 2.92. The van der Waals surface area contributed by atoms with Gasteiger partial charge in [-0.1, -0.05) is 22.9 Å². The smallest absolute Gasteiger partial charge is 0.240 e. The maximum Gasteiger partial charge on any atom is 0.240 e. The number of alkyl halides is 1. The molecule has 0 bridgehead atoms. The van der Waals surface area contributed by atoms with Crippen molar-refractivity contribution in [2.45, 2.75) is 58.4 Å². The molecule has 0 radical (unpaired) electrons. The molecule has 0 saturated heterocycles. The zero-order chi connectivity index (χ0) is 15.5. The van der Waals surface area contributed by atoms with Crippen molar-refractivity contribution in [3.05, 3.63) is 23.3 Å². The fourth-order valence-corrected chi connectivity index (χ4v) is 1.87. The topological polar surface area (TPSA) is 38.3 Å². The number of benzene rings is 1. The molecule has 1 N–H and O–H groups in total. The van der Waals surface area contributed by atoms with Gasteiger partial charge in [-0.15, -0.1) is 0 Å². The van der Waals surface area contributed by atoms with Gasteiger partial charge in [-0.2, -0.15) is 0 Å². The van der Waals surface area contributed by atoms with Crippen molar-refractivity contribution in [1.82, 2.24) is 0 Å². The van der Waals surface area contributed by atoms with Crippen LogP contribution in [-0.4, -0.2) is 16.3 Å². The number of halogens is 1. The van der Waals surface area contributed by atoms with Gasteiger partial charge >= 0.3 is 0 Å².